The Bertz CT molecular complexity index is 911. The van der Waals surface area contributed by atoms with Gasteiger partial charge in [-0.25, -0.2) is 0 Å². The van der Waals surface area contributed by atoms with Gasteiger partial charge in [0.2, 0.25) is 5.43 Å². The number of unbranched alkanes of at least 4 members (excludes halogenated alkanes) is 1. The standard InChI is InChI=1S/C18H17NO5S/c1-2-3-8-24-18-11(16(22)17(18)23)9-14-19(10-15(20)21)12-6-4-5-7-13(12)25-14/h4-7,9H,2-3,8,10H2,1H3,(H,20,21)/b14-9+. The van der Waals surface area contributed by atoms with E-state index in [1.165, 1.54) is 11.8 Å². The van der Waals surface area contributed by atoms with Crippen molar-refractivity contribution in [3.63, 3.8) is 0 Å². The van der Waals surface area contributed by atoms with Crippen LogP contribution in [0.25, 0.3) is 6.08 Å². The quantitative estimate of drug-likeness (QED) is 0.600. The van der Waals surface area contributed by atoms with Crippen LogP contribution in [0, 0.1) is 0 Å². The molecule has 0 aromatic heterocycles. The molecule has 0 spiro atoms. The van der Waals surface area contributed by atoms with E-state index in [1.54, 1.807) is 11.0 Å². The fourth-order valence-electron chi connectivity index (χ4n) is 2.56. The van der Waals surface area contributed by atoms with E-state index in [1.807, 2.05) is 31.2 Å². The molecule has 1 aliphatic heterocycles. The van der Waals surface area contributed by atoms with Crippen LogP contribution in [0.5, 0.6) is 5.75 Å². The Morgan fingerprint density at radius 2 is 2.04 bits per heavy atom. The van der Waals surface area contributed by atoms with Crippen LogP contribution in [-0.2, 0) is 4.79 Å². The molecule has 0 fully saturated rings. The topological polar surface area (TPSA) is 83.9 Å². The third kappa shape index (κ3) is 3.32. The summed E-state index contributed by atoms with van der Waals surface area (Å²) in [5.41, 5.74) is -0.223. The van der Waals surface area contributed by atoms with E-state index in [0.717, 1.165) is 23.4 Å². The maximum atomic E-state index is 11.9. The lowest BCUT2D eigenvalue weighted by Gasteiger charge is -2.18. The number of ether oxygens (including phenoxy) is 1. The zero-order chi connectivity index (χ0) is 18.0. The summed E-state index contributed by atoms with van der Waals surface area (Å²) >= 11 is 1.37. The number of rotatable bonds is 7. The number of benzene rings is 1. The zero-order valence-electron chi connectivity index (χ0n) is 13.7. The van der Waals surface area contributed by atoms with Crippen LogP contribution in [0.3, 0.4) is 0 Å². The van der Waals surface area contributed by atoms with Crippen molar-refractivity contribution >= 4 is 29.5 Å². The molecule has 0 saturated heterocycles. The Labute approximate surface area is 148 Å². The number of aliphatic carboxylic acids is 1. The fraction of sp³-hybridized carbons (Fsp3) is 0.278. The van der Waals surface area contributed by atoms with Crippen molar-refractivity contribution in [2.75, 3.05) is 18.1 Å². The molecular weight excluding hydrogens is 342 g/mol. The second kappa shape index (κ2) is 7.14. The maximum Gasteiger partial charge on any atom is 0.323 e. The Morgan fingerprint density at radius 1 is 1.28 bits per heavy atom. The molecule has 2 aromatic rings. The molecule has 0 bridgehead atoms. The van der Waals surface area contributed by atoms with Crippen LogP contribution in [0.15, 0.2) is 43.8 Å². The molecule has 0 saturated carbocycles. The summed E-state index contributed by atoms with van der Waals surface area (Å²) in [7, 11) is 0. The smallest absolute Gasteiger partial charge is 0.323 e. The first-order chi connectivity index (χ1) is 12.0. The molecule has 6 nitrogen and oxygen atoms in total. The summed E-state index contributed by atoms with van der Waals surface area (Å²) in [6.07, 6.45) is 3.27. The molecule has 3 rings (SSSR count). The Morgan fingerprint density at radius 3 is 2.76 bits per heavy atom. The van der Waals surface area contributed by atoms with Crippen LogP contribution in [0.1, 0.15) is 25.3 Å². The van der Waals surface area contributed by atoms with Gasteiger partial charge >= 0.3 is 5.97 Å². The third-order valence-corrected chi connectivity index (χ3v) is 4.96. The molecule has 0 aliphatic carbocycles. The lowest BCUT2D eigenvalue weighted by atomic mass is 10.1. The van der Waals surface area contributed by atoms with E-state index < -0.39 is 16.8 Å². The summed E-state index contributed by atoms with van der Waals surface area (Å²) in [6.45, 7) is 2.16. The normalized spacial score (nSPS) is 14.9. The Hall–Kier alpha value is -2.54. The van der Waals surface area contributed by atoms with Gasteiger partial charge < -0.3 is 14.7 Å². The van der Waals surface area contributed by atoms with Gasteiger partial charge in [0.15, 0.2) is 5.75 Å². The van der Waals surface area contributed by atoms with Crippen LogP contribution >= 0.6 is 11.8 Å². The van der Waals surface area contributed by atoms with Gasteiger partial charge in [-0.15, -0.1) is 0 Å². The highest BCUT2D eigenvalue weighted by atomic mass is 32.2. The minimum atomic E-state index is -0.979. The zero-order valence-corrected chi connectivity index (χ0v) is 14.5. The van der Waals surface area contributed by atoms with Crippen molar-refractivity contribution in [3.05, 3.63) is 55.3 Å². The average molecular weight is 359 g/mol. The van der Waals surface area contributed by atoms with Crippen molar-refractivity contribution in [2.45, 2.75) is 24.7 Å². The van der Waals surface area contributed by atoms with E-state index in [9.17, 15) is 19.5 Å². The number of carboxylic acid groups (broad SMARTS) is 1. The number of nitrogens with zero attached hydrogens (tertiary/aromatic N) is 1. The molecule has 0 radical (unpaired) electrons. The summed E-state index contributed by atoms with van der Waals surface area (Å²) in [5.74, 6) is -0.898. The monoisotopic (exact) mass is 359 g/mol. The fourth-order valence-corrected chi connectivity index (χ4v) is 3.67. The number of thioether (sulfide) groups is 1. The number of carboxylic acids is 1. The Balaban J connectivity index is 1.93. The van der Waals surface area contributed by atoms with E-state index in [0.29, 0.717) is 11.6 Å². The number of anilines is 1. The second-order valence-electron chi connectivity index (χ2n) is 5.64. The first-order valence-electron chi connectivity index (χ1n) is 7.97. The molecule has 1 aliphatic rings. The van der Waals surface area contributed by atoms with Crippen molar-refractivity contribution in [1.29, 1.82) is 0 Å². The van der Waals surface area contributed by atoms with Gasteiger partial charge in [-0.05, 0) is 24.6 Å². The van der Waals surface area contributed by atoms with Crippen molar-refractivity contribution in [3.8, 4) is 5.75 Å². The highest BCUT2D eigenvalue weighted by Gasteiger charge is 2.29. The van der Waals surface area contributed by atoms with Crippen molar-refractivity contribution in [2.24, 2.45) is 0 Å². The lowest BCUT2D eigenvalue weighted by Crippen LogP contribution is -2.36. The first kappa shape index (κ1) is 17.3. The molecule has 0 amide bonds. The number of hydrogen-bond donors (Lipinski definition) is 1. The van der Waals surface area contributed by atoms with Crippen LogP contribution in [-0.4, -0.2) is 24.2 Å². The molecule has 25 heavy (non-hydrogen) atoms. The highest BCUT2D eigenvalue weighted by Crippen LogP contribution is 2.46. The van der Waals surface area contributed by atoms with E-state index in [-0.39, 0.29) is 17.9 Å². The summed E-state index contributed by atoms with van der Waals surface area (Å²) in [6, 6.07) is 7.40. The van der Waals surface area contributed by atoms with Gasteiger partial charge in [-0.3, -0.25) is 14.4 Å². The minimum Gasteiger partial charge on any atom is -0.489 e. The first-order valence-corrected chi connectivity index (χ1v) is 8.78. The van der Waals surface area contributed by atoms with E-state index in [2.05, 4.69) is 0 Å². The molecule has 0 atom stereocenters. The predicted molar refractivity (Wildman–Crippen MR) is 97.0 cm³/mol. The molecule has 1 N–H and O–H groups in total. The van der Waals surface area contributed by atoms with Gasteiger partial charge in [0.1, 0.15) is 6.54 Å². The molecule has 7 heteroatoms. The predicted octanol–water partition coefficient (Wildman–Crippen LogP) is 2.46. The summed E-state index contributed by atoms with van der Waals surface area (Å²) in [5, 5.41) is 9.77. The largest absolute Gasteiger partial charge is 0.489 e. The third-order valence-electron chi connectivity index (χ3n) is 3.84. The number of hydrogen-bond acceptors (Lipinski definition) is 6. The molecule has 1 heterocycles. The van der Waals surface area contributed by atoms with E-state index in [4.69, 9.17) is 4.74 Å². The van der Waals surface area contributed by atoms with Crippen LogP contribution < -0.4 is 20.5 Å². The van der Waals surface area contributed by atoms with Crippen molar-refractivity contribution in [1.82, 2.24) is 0 Å². The minimum absolute atomic E-state index is 0.0813. The van der Waals surface area contributed by atoms with Gasteiger partial charge in [0, 0.05) is 4.90 Å². The number of para-hydroxylation sites is 1. The number of carbonyl (C=O) groups is 1. The van der Waals surface area contributed by atoms with Gasteiger partial charge in [0.25, 0.3) is 5.43 Å². The van der Waals surface area contributed by atoms with Gasteiger partial charge in [0.05, 0.1) is 22.9 Å². The molecule has 0 unspecified atom stereocenters. The Kier molecular flexibility index (Phi) is 4.94. The summed E-state index contributed by atoms with van der Waals surface area (Å²) in [4.78, 5) is 37.4. The highest BCUT2D eigenvalue weighted by molar-refractivity contribution is 8.03. The number of fused-ring (bicyclic) bond motifs is 1. The van der Waals surface area contributed by atoms with Gasteiger partial charge in [-0.1, -0.05) is 37.2 Å². The lowest BCUT2D eigenvalue weighted by molar-refractivity contribution is -0.135. The van der Waals surface area contributed by atoms with Crippen molar-refractivity contribution < 1.29 is 14.6 Å². The molecular formula is C18H17NO5S. The molecule has 2 aromatic carbocycles. The molecule has 130 valence electrons. The van der Waals surface area contributed by atoms with E-state index >= 15 is 0 Å². The van der Waals surface area contributed by atoms with Crippen LogP contribution in [0.2, 0.25) is 0 Å². The SMILES string of the molecule is CCCCOc1c(/C=C2/Sc3ccccc3N2CC(=O)O)c(=O)c1=O. The average Bonchev–Trinajstić information content (AvgIpc) is 2.94. The van der Waals surface area contributed by atoms with Gasteiger partial charge in [-0.2, -0.15) is 0 Å². The second-order valence-corrected chi connectivity index (χ2v) is 6.70. The van der Waals surface area contributed by atoms with Crippen LogP contribution in [0.4, 0.5) is 5.69 Å². The maximum absolute atomic E-state index is 11.9. The summed E-state index contributed by atoms with van der Waals surface area (Å²) < 4.78 is 5.44.